The molecule has 2 heteroatoms. The van der Waals surface area contributed by atoms with Gasteiger partial charge in [-0.1, -0.05) is 6.07 Å². The molecule has 0 bridgehead atoms. The second-order valence-electron chi connectivity index (χ2n) is 3.58. The van der Waals surface area contributed by atoms with Crippen molar-refractivity contribution in [1.29, 1.82) is 0 Å². The van der Waals surface area contributed by atoms with Gasteiger partial charge in [0.15, 0.2) is 0 Å². The fourth-order valence-electron chi connectivity index (χ4n) is 1.51. The molecule has 0 unspecified atom stereocenters. The lowest BCUT2D eigenvalue weighted by molar-refractivity contribution is 0.146. The molecule has 1 fully saturated rings. The molecule has 1 aliphatic carbocycles. The van der Waals surface area contributed by atoms with Crippen molar-refractivity contribution in [3.05, 3.63) is 29.8 Å². The van der Waals surface area contributed by atoms with E-state index in [-0.39, 0.29) is 0 Å². The van der Waals surface area contributed by atoms with Crippen LogP contribution in [0, 0.1) is 6.07 Å². The van der Waals surface area contributed by atoms with Crippen LogP contribution in [0.2, 0.25) is 0 Å². The predicted molar refractivity (Wildman–Crippen MR) is 54.6 cm³/mol. The van der Waals surface area contributed by atoms with Crippen molar-refractivity contribution in [1.82, 2.24) is 0 Å². The average molecular weight is 191 g/mol. The van der Waals surface area contributed by atoms with Gasteiger partial charge in [-0.05, 0) is 42.5 Å². The zero-order chi connectivity index (χ0) is 9.80. The fraction of sp³-hybridized carbons (Fsp3) is 0.500. The van der Waals surface area contributed by atoms with Gasteiger partial charge < -0.3 is 9.47 Å². The first-order chi connectivity index (χ1) is 6.92. The lowest BCUT2D eigenvalue weighted by Gasteiger charge is -2.09. The molecular formula is C12H15O2. The lowest BCUT2D eigenvalue weighted by atomic mass is 10.1. The normalized spacial score (nSPS) is 15.5. The summed E-state index contributed by atoms with van der Waals surface area (Å²) in [4.78, 5) is 0. The number of ether oxygens (including phenoxy) is 2. The third kappa shape index (κ3) is 2.26. The summed E-state index contributed by atoms with van der Waals surface area (Å²) in [6.07, 6.45) is 2.58. The summed E-state index contributed by atoms with van der Waals surface area (Å²) in [5.74, 6) is 1.72. The highest BCUT2D eigenvalue weighted by molar-refractivity contribution is 5.38. The Labute approximate surface area is 84.8 Å². The monoisotopic (exact) mass is 191 g/mol. The second kappa shape index (κ2) is 4.47. The maximum atomic E-state index is 5.63. The standard InChI is InChI=1S/C12H15O2/c1-13-8-9-14-12-5-3-2-4-11(12)10-6-7-10/h3-5,10H,6-9H2,1H3. The second-order valence-corrected chi connectivity index (χ2v) is 3.58. The van der Waals surface area contributed by atoms with E-state index in [1.807, 2.05) is 18.2 Å². The van der Waals surface area contributed by atoms with Gasteiger partial charge in [-0.2, -0.15) is 0 Å². The minimum atomic E-state index is 0.625. The van der Waals surface area contributed by atoms with Gasteiger partial charge in [0, 0.05) is 7.11 Å². The summed E-state index contributed by atoms with van der Waals surface area (Å²) in [7, 11) is 1.68. The topological polar surface area (TPSA) is 18.5 Å². The highest BCUT2D eigenvalue weighted by Crippen LogP contribution is 2.43. The van der Waals surface area contributed by atoms with Gasteiger partial charge in [-0.25, -0.2) is 0 Å². The van der Waals surface area contributed by atoms with E-state index in [9.17, 15) is 0 Å². The Morgan fingerprint density at radius 1 is 1.43 bits per heavy atom. The maximum absolute atomic E-state index is 5.63. The fourth-order valence-corrected chi connectivity index (χ4v) is 1.51. The van der Waals surface area contributed by atoms with Crippen LogP contribution in [-0.2, 0) is 4.74 Å². The third-order valence-electron chi connectivity index (χ3n) is 2.42. The van der Waals surface area contributed by atoms with Gasteiger partial charge in [0.1, 0.15) is 12.4 Å². The van der Waals surface area contributed by atoms with Gasteiger partial charge in [0.2, 0.25) is 0 Å². The highest BCUT2D eigenvalue weighted by atomic mass is 16.5. The van der Waals surface area contributed by atoms with Crippen molar-refractivity contribution in [3.63, 3.8) is 0 Å². The molecule has 0 atom stereocenters. The van der Waals surface area contributed by atoms with E-state index in [0.717, 1.165) is 5.75 Å². The van der Waals surface area contributed by atoms with E-state index in [1.54, 1.807) is 7.11 Å². The van der Waals surface area contributed by atoms with Crippen LogP contribution in [0.4, 0.5) is 0 Å². The average Bonchev–Trinajstić information content (AvgIpc) is 3.03. The molecule has 0 aliphatic heterocycles. The van der Waals surface area contributed by atoms with Crippen molar-refractivity contribution in [2.75, 3.05) is 20.3 Å². The Kier molecular flexibility index (Phi) is 3.04. The van der Waals surface area contributed by atoms with Gasteiger partial charge >= 0.3 is 0 Å². The van der Waals surface area contributed by atoms with Crippen LogP contribution in [0.25, 0.3) is 0 Å². The van der Waals surface area contributed by atoms with Crippen LogP contribution < -0.4 is 4.74 Å². The summed E-state index contributed by atoms with van der Waals surface area (Å²) < 4.78 is 10.6. The number of rotatable bonds is 5. The van der Waals surface area contributed by atoms with Gasteiger partial charge in [0.05, 0.1) is 6.61 Å². The molecule has 1 aliphatic rings. The quantitative estimate of drug-likeness (QED) is 0.665. The Bertz CT molecular complexity index is 292. The molecular weight excluding hydrogens is 176 g/mol. The number of benzene rings is 1. The molecule has 0 N–H and O–H groups in total. The molecule has 2 rings (SSSR count). The van der Waals surface area contributed by atoms with Crippen molar-refractivity contribution in [2.24, 2.45) is 0 Å². The largest absolute Gasteiger partial charge is 0.491 e. The predicted octanol–water partition coefficient (Wildman–Crippen LogP) is 2.39. The summed E-state index contributed by atoms with van der Waals surface area (Å²) in [5.41, 5.74) is 1.31. The van der Waals surface area contributed by atoms with E-state index in [2.05, 4.69) is 6.07 Å². The zero-order valence-electron chi connectivity index (χ0n) is 8.45. The molecule has 0 aromatic heterocycles. The van der Waals surface area contributed by atoms with Crippen LogP contribution in [0.5, 0.6) is 5.75 Å². The molecule has 75 valence electrons. The van der Waals surface area contributed by atoms with Crippen molar-refractivity contribution in [2.45, 2.75) is 18.8 Å². The molecule has 14 heavy (non-hydrogen) atoms. The number of hydrogen-bond acceptors (Lipinski definition) is 2. The smallest absolute Gasteiger partial charge is 0.122 e. The van der Waals surface area contributed by atoms with Crippen LogP contribution in [0.15, 0.2) is 18.2 Å². The van der Waals surface area contributed by atoms with Gasteiger partial charge in [-0.15, -0.1) is 0 Å². The summed E-state index contributed by atoms with van der Waals surface area (Å²) in [5, 5.41) is 0. The summed E-state index contributed by atoms with van der Waals surface area (Å²) in [6, 6.07) is 9.03. The van der Waals surface area contributed by atoms with E-state index in [0.29, 0.717) is 19.1 Å². The summed E-state index contributed by atoms with van der Waals surface area (Å²) >= 11 is 0. The Morgan fingerprint density at radius 2 is 2.29 bits per heavy atom. The third-order valence-corrected chi connectivity index (χ3v) is 2.42. The minimum Gasteiger partial charge on any atom is -0.491 e. The van der Waals surface area contributed by atoms with E-state index in [4.69, 9.17) is 9.47 Å². The Morgan fingerprint density at radius 3 is 3.00 bits per heavy atom. The maximum Gasteiger partial charge on any atom is 0.122 e. The Hall–Kier alpha value is -1.02. The van der Waals surface area contributed by atoms with Crippen molar-refractivity contribution >= 4 is 0 Å². The molecule has 1 saturated carbocycles. The number of methoxy groups -OCH3 is 1. The minimum absolute atomic E-state index is 0.625. The SMILES string of the molecule is COCCOc1cc[c]cc1C1CC1. The number of hydrogen-bond donors (Lipinski definition) is 0. The molecule has 2 nitrogen and oxygen atoms in total. The summed E-state index contributed by atoms with van der Waals surface area (Å²) in [6.45, 7) is 1.27. The molecule has 1 aromatic carbocycles. The van der Waals surface area contributed by atoms with E-state index in [1.165, 1.54) is 18.4 Å². The van der Waals surface area contributed by atoms with E-state index < -0.39 is 0 Å². The van der Waals surface area contributed by atoms with Crippen LogP contribution in [0.3, 0.4) is 0 Å². The first-order valence-corrected chi connectivity index (χ1v) is 5.03. The zero-order valence-corrected chi connectivity index (χ0v) is 8.45. The molecule has 0 spiro atoms. The van der Waals surface area contributed by atoms with Crippen molar-refractivity contribution in [3.8, 4) is 5.75 Å². The van der Waals surface area contributed by atoms with Crippen LogP contribution >= 0.6 is 0 Å². The van der Waals surface area contributed by atoms with Crippen LogP contribution in [0.1, 0.15) is 24.3 Å². The van der Waals surface area contributed by atoms with Crippen molar-refractivity contribution < 1.29 is 9.47 Å². The first kappa shape index (κ1) is 9.53. The Balaban J connectivity index is 2.00. The van der Waals surface area contributed by atoms with Gasteiger partial charge in [0.25, 0.3) is 0 Å². The van der Waals surface area contributed by atoms with Gasteiger partial charge in [-0.3, -0.25) is 0 Å². The molecule has 1 aromatic rings. The molecule has 0 amide bonds. The highest BCUT2D eigenvalue weighted by Gasteiger charge is 2.26. The molecule has 0 heterocycles. The first-order valence-electron chi connectivity index (χ1n) is 5.03. The molecule has 0 saturated heterocycles. The lowest BCUT2D eigenvalue weighted by Crippen LogP contribution is -2.05. The molecule has 1 radical (unpaired) electrons. The van der Waals surface area contributed by atoms with Crippen LogP contribution in [-0.4, -0.2) is 20.3 Å². The van der Waals surface area contributed by atoms with E-state index >= 15 is 0 Å².